The van der Waals surface area contributed by atoms with Gasteiger partial charge in [-0.05, 0) is 55.3 Å². The first-order chi connectivity index (χ1) is 17.1. The van der Waals surface area contributed by atoms with E-state index in [4.69, 9.17) is 10.00 Å². The van der Waals surface area contributed by atoms with Crippen molar-refractivity contribution in [2.24, 2.45) is 0 Å². The quantitative estimate of drug-likeness (QED) is 0.330. The fourth-order valence-corrected chi connectivity index (χ4v) is 4.45. The van der Waals surface area contributed by atoms with Crippen LogP contribution in [0.1, 0.15) is 18.1 Å². The van der Waals surface area contributed by atoms with Crippen LogP contribution in [0.4, 0.5) is 5.69 Å². The Balaban J connectivity index is 1.57. The summed E-state index contributed by atoms with van der Waals surface area (Å²) in [4.78, 5) is 12.9. The molecule has 1 heterocycles. The van der Waals surface area contributed by atoms with Gasteiger partial charge in [-0.3, -0.25) is 4.79 Å². The molecule has 0 saturated heterocycles. The molecule has 1 aromatic heterocycles. The highest BCUT2D eigenvalue weighted by Gasteiger charge is 2.22. The molecule has 176 valence electrons. The van der Waals surface area contributed by atoms with Gasteiger partial charge >= 0.3 is 0 Å². The van der Waals surface area contributed by atoms with Gasteiger partial charge < -0.3 is 14.6 Å². The number of ether oxygens (including phenoxy) is 1. The lowest BCUT2D eigenvalue weighted by Crippen LogP contribution is -2.23. The number of hydrogen-bond acceptors (Lipinski definition) is 6. The maximum absolute atomic E-state index is 12.9. The molecule has 1 unspecified atom stereocenters. The maximum Gasteiger partial charge on any atom is 0.237 e. The number of hydrogen-bond donors (Lipinski definition) is 1. The summed E-state index contributed by atoms with van der Waals surface area (Å²) in [6, 6.07) is 26.8. The molecule has 0 bridgehead atoms. The zero-order valence-electron chi connectivity index (χ0n) is 19.5. The zero-order chi connectivity index (χ0) is 24.6. The number of aryl methyl sites for hydroxylation is 1. The third kappa shape index (κ3) is 5.89. The first-order valence-electron chi connectivity index (χ1n) is 11.2. The van der Waals surface area contributed by atoms with Gasteiger partial charge in [-0.2, -0.15) is 5.26 Å². The third-order valence-corrected chi connectivity index (χ3v) is 6.55. The van der Waals surface area contributed by atoms with E-state index in [1.54, 1.807) is 31.4 Å². The van der Waals surface area contributed by atoms with E-state index in [-0.39, 0.29) is 5.91 Å². The monoisotopic (exact) mass is 483 g/mol. The Morgan fingerprint density at radius 2 is 1.77 bits per heavy atom. The number of nitriles is 1. The highest BCUT2D eigenvalue weighted by molar-refractivity contribution is 8.00. The Kier molecular flexibility index (Phi) is 7.81. The van der Waals surface area contributed by atoms with Gasteiger partial charge in [-0.15, -0.1) is 10.2 Å². The van der Waals surface area contributed by atoms with Crippen LogP contribution in [0, 0.1) is 11.3 Å². The number of nitrogens with one attached hydrogen (secondary N) is 1. The van der Waals surface area contributed by atoms with Gasteiger partial charge in [0.05, 0.1) is 29.6 Å². The van der Waals surface area contributed by atoms with Crippen LogP contribution in [-0.4, -0.2) is 33.0 Å². The summed E-state index contributed by atoms with van der Waals surface area (Å²) in [6.45, 7) is 2.49. The summed E-state index contributed by atoms with van der Waals surface area (Å²) >= 11 is 1.35. The summed E-state index contributed by atoms with van der Waals surface area (Å²) < 4.78 is 7.60. The molecule has 4 rings (SSSR count). The van der Waals surface area contributed by atoms with Crippen molar-refractivity contribution in [3.63, 3.8) is 0 Å². The predicted molar refractivity (Wildman–Crippen MR) is 137 cm³/mol. The largest absolute Gasteiger partial charge is 0.496 e. The van der Waals surface area contributed by atoms with Crippen LogP contribution in [0.25, 0.3) is 11.4 Å². The number of thioether (sulfide) groups is 1. The minimum absolute atomic E-state index is 0.156. The average Bonchev–Trinajstić information content (AvgIpc) is 3.30. The minimum atomic E-state index is -0.421. The smallest absolute Gasteiger partial charge is 0.237 e. The van der Waals surface area contributed by atoms with Crippen molar-refractivity contribution in [1.29, 1.82) is 5.26 Å². The van der Waals surface area contributed by atoms with Gasteiger partial charge in [-0.1, -0.05) is 54.2 Å². The Labute approximate surface area is 208 Å². The van der Waals surface area contributed by atoms with Crippen molar-refractivity contribution >= 4 is 23.4 Å². The minimum Gasteiger partial charge on any atom is -0.496 e. The highest BCUT2D eigenvalue weighted by Crippen LogP contribution is 2.32. The Hall–Kier alpha value is -4.09. The van der Waals surface area contributed by atoms with E-state index in [9.17, 15) is 4.79 Å². The fourth-order valence-electron chi connectivity index (χ4n) is 3.58. The number of anilines is 1. The molecule has 0 fully saturated rings. The molecule has 0 aliphatic carbocycles. The van der Waals surface area contributed by atoms with E-state index < -0.39 is 5.25 Å². The predicted octanol–water partition coefficient (Wildman–Crippen LogP) is 5.19. The van der Waals surface area contributed by atoms with E-state index in [1.165, 1.54) is 17.3 Å². The van der Waals surface area contributed by atoms with Crippen LogP contribution in [-0.2, 0) is 17.8 Å². The molecule has 0 spiro atoms. The molecule has 8 heteroatoms. The van der Waals surface area contributed by atoms with Gasteiger partial charge in [0.15, 0.2) is 11.0 Å². The highest BCUT2D eigenvalue weighted by atomic mass is 32.2. The number of methoxy groups -OCH3 is 1. The maximum atomic E-state index is 12.9. The molecule has 35 heavy (non-hydrogen) atoms. The normalized spacial score (nSPS) is 11.5. The number of nitrogens with zero attached hydrogens (tertiary/aromatic N) is 4. The first kappa shape index (κ1) is 24.0. The van der Waals surface area contributed by atoms with Crippen molar-refractivity contribution < 1.29 is 9.53 Å². The van der Waals surface area contributed by atoms with E-state index in [2.05, 4.69) is 33.7 Å². The number of amides is 1. The lowest BCUT2D eigenvalue weighted by atomic mass is 10.1. The summed E-state index contributed by atoms with van der Waals surface area (Å²) in [5.41, 5.74) is 3.23. The van der Waals surface area contributed by atoms with Gasteiger partial charge in [0.2, 0.25) is 5.91 Å². The third-order valence-electron chi connectivity index (χ3n) is 5.46. The van der Waals surface area contributed by atoms with Crippen LogP contribution in [0.2, 0.25) is 0 Å². The number of benzene rings is 3. The second-order valence-corrected chi connectivity index (χ2v) is 9.14. The Morgan fingerprint density at radius 1 is 1.06 bits per heavy atom. The molecule has 1 N–H and O–H groups in total. The molecular weight excluding hydrogens is 458 g/mol. The average molecular weight is 484 g/mol. The van der Waals surface area contributed by atoms with Crippen molar-refractivity contribution in [3.05, 3.63) is 90.0 Å². The first-order valence-corrected chi connectivity index (χ1v) is 12.0. The molecule has 0 aliphatic rings. The second kappa shape index (κ2) is 11.4. The lowest BCUT2D eigenvalue weighted by molar-refractivity contribution is -0.115. The summed E-state index contributed by atoms with van der Waals surface area (Å²) in [6.07, 6.45) is 0.792. The Morgan fingerprint density at radius 3 is 2.49 bits per heavy atom. The molecule has 1 atom stereocenters. The molecule has 4 aromatic rings. The number of rotatable bonds is 9. The van der Waals surface area contributed by atoms with Crippen LogP contribution < -0.4 is 10.1 Å². The topological polar surface area (TPSA) is 92.8 Å². The van der Waals surface area contributed by atoms with E-state index >= 15 is 0 Å². The number of aromatic nitrogens is 3. The van der Waals surface area contributed by atoms with Crippen molar-refractivity contribution in [3.8, 4) is 23.2 Å². The summed E-state index contributed by atoms with van der Waals surface area (Å²) in [5.74, 6) is 1.25. The van der Waals surface area contributed by atoms with Gasteiger partial charge in [0, 0.05) is 12.2 Å². The number of para-hydroxylation sites is 1. The van der Waals surface area contributed by atoms with Crippen LogP contribution in [0.5, 0.6) is 5.75 Å². The SMILES string of the molecule is COc1ccccc1-c1nnc(SC(C)C(=O)Nc2ccc(C#N)cc2)n1CCc1ccccc1. The second-order valence-electron chi connectivity index (χ2n) is 7.83. The molecule has 0 saturated carbocycles. The molecule has 0 aliphatic heterocycles. The van der Waals surface area contributed by atoms with Crippen molar-refractivity contribution in [1.82, 2.24) is 14.8 Å². The molecule has 7 nitrogen and oxygen atoms in total. The summed E-state index contributed by atoms with van der Waals surface area (Å²) in [5, 5.41) is 21.0. The van der Waals surface area contributed by atoms with Crippen molar-refractivity contribution in [2.75, 3.05) is 12.4 Å². The van der Waals surface area contributed by atoms with Crippen LogP contribution in [0.3, 0.4) is 0 Å². The summed E-state index contributed by atoms with van der Waals surface area (Å²) in [7, 11) is 1.63. The van der Waals surface area contributed by atoms with Crippen LogP contribution in [0.15, 0.2) is 84.0 Å². The zero-order valence-corrected chi connectivity index (χ0v) is 20.3. The number of carbonyl (C=O) groups is 1. The van der Waals surface area contributed by atoms with E-state index in [0.717, 1.165) is 12.0 Å². The van der Waals surface area contributed by atoms with Gasteiger partial charge in [-0.25, -0.2) is 0 Å². The molecule has 0 radical (unpaired) electrons. The molecule has 3 aromatic carbocycles. The van der Waals surface area contributed by atoms with Gasteiger partial charge in [0.1, 0.15) is 5.75 Å². The van der Waals surface area contributed by atoms with Crippen molar-refractivity contribution in [2.45, 2.75) is 30.3 Å². The lowest BCUT2D eigenvalue weighted by Gasteiger charge is -2.15. The molecular formula is C27H25N5O2S. The fraction of sp³-hybridized carbons (Fsp3) is 0.185. The van der Waals surface area contributed by atoms with E-state index in [0.29, 0.717) is 34.5 Å². The standard InChI is InChI=1S/C27H25N5O2S/c1-19(26(33)29-22-14-12-21(18-28)13-15-22)35-27-31-30-25(23-10-6-7-11-24(23)34-2)32(27)17-16-20-8-4-3-5-9-20/h3-15,19H,16-17H2,1-2H3,(H,29,33). The van der Waals surface area contributed by atoms with Crippen LogP contribution >= 0.6 is 11.8 Å². The molecule has 1 amide bonds. The Bertz CT molecular complexity index is 1330. The van der Waals surface area contributed by atoms with E-state index in [1.807, 2.05) is 54.0 Å². The number of carbonyl (C=O) groups excluding carboxylic acids is 1. The van der Waals surface area contributed by atoms with Gasteiger partial charge in [0.25, 0.3) is 0 Å².